The van der Waals surface area contributed by atoms with Gasteiger partial charge in [-0.2, -0.15) is 12.8 Å². The van der Waals surface area contributed by atoms with E-state index in [-0.39, 0.29) is 4.90 Å². The third kappa shape index (κ3) is 3.29. The number of benzene rings is 2. The maximum absolute atomic E-state index is 13.0. The van der Waals surface area contributed by atoms with E-state index in [4.69, 9.17) is 0 Å². The Kier molecular flexibility index (Phi) is 4.38. The molecule has 0 amide bonds. The third-order valence-electron chi connectivity index (χ3n) is 4.39. The average Bonchev–Trinajstić information content (AvgIpc) is 3.03. The van der Waals surface area contributed by atoms with Crippen LogP contribution in [0.25, 0.3) is 5.52 Å². The van der Waals surface area contributed by atoms with Gasteiger partial charge in [0.2, 0.25) is 0 Å². The highest BCUT2D eigenvalue weighted by molar-refractivity contribution is 7.90. The van der Waals surface area contributed by atoms with Crippen LogP contribution in [0.2, 0.25) is 0 Å². The summed E-state index contributed by atoms with van der Waals surface area (Å²) >= 11 is 0. The van der Waals surface area contributed by atoms with Crippen LogP contribution in [0.1, 0.15) is 16.8 Å². The van der Waals surface area contributed by atoms with Gasteiger partial charge in [-0.15, -0.1) is 0 Å². The van der Waals surface area contributed by atoms with Crippen LogP contribution in [0.15, 0.2) is 100 Å². The van der Waals surface area contributed by atoms with Crippen LogP contribution in [0.3, 0.4) is 0 Å². The van der Waals surface area contributed by atoms with E-state index in [1.165, 1.54) is 0 Å². The summed E-state index contributed by atoms with van der Waals surface area (Å²) in [6.07, 6.45) is 1.92. The molecule has 0 bridgehead atoms. The van der Waals surface area contributed by atoms with Crippen LogP contribution in [-0.4, -0.2) is 18.5 Å². The third-order valence-corrected chi connectivity index (χ3v) is 5.69. The molecule has 0 atom stereocenters. The number of fused-ring (bicyclic) bond motifs is 1. The zero-order valence-electron chi connectivity index (χ0n) is 14.8. The first-order valence-electron chi connectivity index (χ1n) is 8.59. The summed E-state index contributed by atoms with van der Waals surface area (Å²) < 4.78 is 32.2. The number of aryl methyl sites for hydroxylation is 1. The Hall–Kier alpha value is -3.18. The molecule has 0 aliphatic heterocycles. The largest absolute Gasteiger partial charge is 0.315 e. The van der Waals surface area contributed by atoms with E-state index in [0.717, 1.165) is 22.3 Å². The van der Waals surface area contributed by atoms with Gasteiger partial charge in [0.05, 0.1) is 10.6 Å². The summed E-state index contributed by atoms with van der Waals surface area (Å²) in [6.45, 7) is 1.97. The van der Waals surface area contributed by atoms with Crippen molar-refractivity contribution in [2.24, 2.45) is 4.40 Å². The predicted octanol–water partition coefficient (Wildman–Crippen LogP) is 4.47. The molecule has 0 fully saturated rings. The number of pyridine rings is 1. The molecule has 4 aromatic rings. The molecule has 134 valence electrons. The second kappa shape index (κ2) is 6.85. The number of hydrogen-bond donors (Lipinski definition) is 0. The highest BCUT2D eigenvalue weighted by Crippen LogP contribution is 2.23. The highest BCUT2D eigenvalue weighted by Gasteiger charge is 2.20. The van der Waals surface area contributed by atoms with Gasteiger partial charge in [-0.3, -0.25) is 0 Å². The summed E-state index contributed by atoms with van der Waals surface area (Å²) in [5, 5.41) is 0. The SMILES string of the molecule is Cc1cc2ccccn2c1C(=NS(=O)(=O)c1ccccc1)c1ccccc1. The van der Waals surface area contributed by atoms with Gasteiger partial charge in [0.15, 0.2) is 0 Å². The molecule has 0 unspecified atom stereocenters. The standard InChI is InChI=1S/C22H18N2O2S/c1-17-16-19-12-8-9-15-24(19)22(17)21(18-10-4-2-5-11-18)23-27(25,26)20-13-6-3-7-14-20/h2-16H,1H3. The fourth-order valence-corrected chi connectivity index (χ4v) is 4.19. The van der Waals surface area contributed by atoms with Crippen molar-refractivity contribution in [3.63, 3.8) is 0 Å². The van der Waals surface area contributed by atoms with E-state index in [0.29, 0.717) is 5.71 Å². The minimum atomic E-state index is -3.84. The van der Waals surface area contributed by atoms with Gasteiger partial charge in [-0.25, -0.2) is 0 Å². The van der Waals surface area contributed by atoms with Crippen LogP contribution < -0.4 is 0 Å². The van der Waals surface area contributed by atoms with Crippen molar-refractivity contribution in [3.05, 3.63) is 108 Å². The van der Waals surface area contributed by atoms with E-state index in [1.54, 1.807) is 30.3 Å². The maximum atomic E-state index is 13.0. The van der Waals surface area contributed by atoms with E-state index >= 15 is 0 Å². The van der Waals surface area contributed by atoms with Gasteiger partial charge in [-0.05, 0) is 42.8 Å². The molecule has 4 rings (SSSR count). The van der Waals surface area contributed by atoms with Crippen LogP contribution >= 0.6 is 0 Å². The molecule has 0 saturated heterocycles. The molecule has 27 heavy (non-hydrogen) atoms. The van der Waals surface area contributed by atoms with E-state index in [2.05, 4.69) is 4.40 Å². The van der Waals surface area contributed by atoms with E-state index < -0.39 is 10.0 Å². The van der Waals surface area contributed by atoms with Crippen LogP contribution in [-0.2, 0) is 10.0 Å². The predicted molar refractivity (Wildman–Crippen MR) is 108 cm³/mol. The number of hydrogen-bond acceptors (Lipinski definition) is 2. The van der Waals surface area contributed by atoms with Crippen molar-refractivity contribution in [1.82, 2.24) is 4.40 Å². The smallest absolute Gasteiger partial charge is 0.282 e. The number of sulfonamides is 1. The first-order chi connectivity index (χ1) is 13.1. The second-order valence-corrected chi connectivity index (χ2v) is 7.87. The summed E-state index contributed by atoms with van der Waals surface area (Å²) in [4.78, 5) is 0.178. The van der Waals surface area contributed by atoms with Crippen molar-refractivity contribution in [1.29, 1.82) is 0 Å². The monoisotopic (exact) mass is 374 g/mol. The highest BCUT2D eigenvalue weighted by atomic mass is 32.2. The van der Waals surface area contributed by atoms with Gasteiger partial charge in [0, 0.05) is 17.3 Å². The minimum Gasteiger partial charge on any atom is -0.315 e. The Labute approximate surface area is 158 Å². The van der Waals surface area contributed by atoms with Gasteiger partial charge < -0.3 is 4.40 Å². The molecule has 2 aromatic heterocycles. The molecule has 0 spiro atoms. The molecule has 0 radical (unpaired) electrons. The van der Waals surface area contributed by atoms with E-state index in [1.807, 2.05) is 72.1 Å². The first kappa shape index (κ1) is 17.2. The van der Waals surface area contributed by atoms with Crippen LogP contribution in [0.4, 0.5) is 0 Å². The Morgan fingerprint density at radius 1 is 0.852 bits per heavy atom. The fraction of sp³-hybridized carbons (Fsp3) is 0.0455. The maximum Gasteiger partial charge on any atom is 0.282 e. The van der Waals surface area contributed by atoms with Crippen molar-refractivity contribution in [2.45, 2.75) is 11.8 Å². The van der Waals surface area contributed by atoms with Gasteiger partial charge >= 0.3 is 0 Å². The topological polar surface area (TPSA) is 50.9 Å². The summed E-state index contributed by atoms with van der Waals surface area (Å²) in [7, 11) is -3.84. The normalized spacial score (nSPS) is 12.4. The quantitative estimate of drug-likeness (QED) is 0.495. The molecular formula is C22H18N2O2S. The lowest BCUT2D eigenvalue weighted by Crippen LogP contribution is -2.12. The zero-order chi connectivity index (χ0) is 18.9. The fourth-order valence-electron chi connectivity index (χ4n) is 3.15. The average molecular weight is 374 g/mol. The lowest BCUT2D eigenvalue weighted by Gasteiger charge is -2.10. The summed E-state index contributed by atoms with van der Waals surface area (Å²) in [5.74, 6) is 0. The number of rotatable bonds is 4. The Morgan fingerprint density at radius 2 is 1.48 bits per heavy atom. The molecule has 5 heteroatoms. The Balaban J connectivity index is 2.00. The molecule has 0 N–H and O–H groups in total. The summed E-state index contributed by atoms with van der Waals surface area (Å²) in [6, 6.07) is 25.6. The van der Waals surface area contributed by atoms with Gasteiger partial charge in [0.1, 0.15) is 5.71 Å². The molecular weight excluding hydrogens is 356 g/mol. The minimum absolute atomic E-state index is 0.178. The number of aromatic nitrogens is 1. The molecule has 2 heterocycles. The molecule has 4 nitrogen and oxygen atoms in total. The summed E-state index contributed by atoms with van der Waals surface area (Å²) in [5.41, 5.74) is 3.92. The Bertz CT molecular complexity index is 1230. The van der Waals surface area contributed by atoms with Crippen molar-refractivity contribution >= 4 is 21.3 Å². The van der Waals surface area contributed by atoms with Crippen LogP contribution in [0, 0.1) is 6.92 Å². The molecule has 2 aromatic carbocycles. The molecule has 0 aliphatic rings. The van der Waals surface area contributed by atoms with Crippen LogP contribution in [0.5, 0.6) is 0 Å². The van der Waals surface area contributed by atoms with Gasteiger partial charge in [-0.1, -0.05) is 54.6 Å². The van der Waals surface area contributed by atoms with E-state index in [9.17, 15) is 8.42 Å². The van der Waals surface area contributed by atoms with Crippen molar-refractivity contribution in [2.75, 3.05) is 0 Å². The molecule has 0 saturated carbocycles. The second-order valence-electron chi connectivity index (χ2n) is 6.27. The van der Waals surface area contributed by atoms with Crippen molar-refractivity contribution in [3.8, 4) is 0 Å². The van der Waals surface area contributed by atoms with Gasteiger partial charge in [0.25, 0.3) is 10.0 Å². The first-order valence-corrected chi connectivity index (χ1v) is 10.0. The Morgan fingerprint density at radius 3 is 2.19 bits per heavy atom. The lowest BCUT2D eigenvalue weighted by atomic mass is 10.1. The van der Waals surface area contributed by atoms with Crippen molar-refractivity contribution < 1.29 is 8.42 Å². The molecule has 0 aliphatic carbocycles. The zero-order valence-corrected chi connectivity index (χ0v) is 15.6. The lowest BCUT2D eigenvalue weighted by molar-refractivity contribution is 0.598. The number of nitrogens with zero attached hydrogens (tertiary/aromatic N) is 2.